The molecule has 0 radical (unpaired) electrons. The van der Waals surface area contributed by atoms with Crippen molar-refractivity contribution in [1.82, 2.24) is 19.1 Å². The second kappa shape index (κ2) is 8.56. The quantitative estimate of drug-likeness (QED) is 0.473. The number of nitrogens with zero attached hydrogens (tertiary/aromatic N) is 4. The summed E-state index contributed by atoms with van der Waals surface area (Å²) in [5.41, 5.74) is 0.776. The van der Waals surface area contributed by atoms with Gasteiger partial charge in [-0.3, -0.25) is 13.9 Å². The summed E-state index contributed by atoms with van der Waals surface area (Å²) in [6.07, 6.45) is 4.77. The van der Waals surface area contributed by atoms with E-state index in [0.717, 1.165) is 10.1 Å². The molecule has 146 valence electrons. The van der Waals surface area contributed by atoms with Gasteiger partial charge in [-0.25, -0.2) is 14.8 Å². The van der Waals surface area contributed by atoms with Crippen molar-refractivity contribution in [3.63, 3.8) is 0 Å². The van der Waals surface area contributed by atoms with Crippen LogP contribution in [-0.4, -0.2) is 24.9 Å². The molecule has 2 heterocycles. The first-order chi connectivity index (χ1) is 13.4. The summed E-state index contributed by atoms with van der Waals surface area (Å²) in [6, 6.07) is 10.0. The van der Waals surface area contributed by atoms with E-state index in [4.69, 9.17) is 0 Å². The monoisotopic (exact) mass is 396 g/mol. The summed E-state index contributed by atoms with van der Waals surface area (Å²) in [6.45, 7) is 4.18. The molecule has 0 aliphatic carbocycles. The number of aryl methyl sites for hydroxylation is 1. The number of fused-ring (bicyclic) bond motifs is 1. The van der Waals surface area contributed by atoms with Crippen LogP contribution in [0, 0.1) is 5.92 Å². The maximum absolute atomic E-state index is 12.7. The summed E-state index contributed by atoms with van der Waals surface area (Å²) in [4.78, 5) is 34.2. The molecule has 28 heavy (non-hydrogen) atoms. The fourth-order valence-corrected chi connectivity index (χ4v) is 3.75. The first kappa shape index (κ1) is 20.1. The number of hydrogen-bond donors (Lipinski definition) is 0. The van der Waals surface area contributed by atoms with Crippen LogP contribution >= 0.6 is 11.8 Å². The smallest absolute Gasteiger partial charge is 0.280 e. The highest BCUT2D eigenvalue weighted by Gasteiger charge is 2.17. The van der Waals surface area contributed by atoms with Gasteiger partial charge in [0.05, 0.1) is 0 Å². The van der Waals surface area contributed by atoms with Crippen LogP contribution in [0.5, 0.6) is 0 Å². The topological polar surface area (TPSA) is 69.8 Å². The maximum atomic E-state index is 12.7. The Balaban J connectivity index is 2.02. The molecule has 0 aliphatic rings. The normalized spacial score (nSPS) is 11.8. The van der Waals surface area contributed by atoms with E-state index in [1.54, 1.807) is 7.05 Å². The van der Waals surface area contributed by atoms with Gasteiger partial charge in [-0.15, -0.1) is 11.8 Å². The lowest BCUT2D eigenvalue weighted by Gasteiger charge is -2.12. The predicted octanol–water partition coefficient (Wildman–Crippen LogP) is 3.03. The van der Waals surface area contributed by atoms with Gasteiger partial charge in [-0.2, -0.15) is 0 Å². The van der Waals surface area contributed by atoms with Crippen LogP contribution in [0.15, 0.2) is 51.0 Å². The average Bonchev–Trinajstić information content (AvgIpc) is 2.68. The molecule has 0 bridgehead atoms. The van der Waals surface area contributed by atoms with Crippen molar-refractivity contribution in [2.75, 3.05) is 5.75 Å². The fraction of sp³-hybridized carbons (Fsp3) is 0.333. The molecule has 1 aromatic carbocycles. The summed E-state index contributed by atoms with van der Waals surface area (Å²) in [5, 5.41) is 1.02. The second-order valence-corrected chi connectivity index (χ2v) is 8.08. The Hall–Kier alpha value is -2.67. The molecule has 3 rings (SSSR count). The number of rotatable bonds is 6. The first-order valence-corrected chi connectivity index (χ1v) is 10.2. The molecule has 0 fully saturated rings. The van der Waals surface area contributed by atoms with Crippen molar-refractivity contribution in [1.29, 1.82) is 0 Å². The lowest BCUT2D eigenvalue weighted by molar-refractivity contribution is 0.614. The van der Waals surface area contributed by atoms with Gasteiger partial charge in [-0.05, 0) is 11.5 Å². The van der Waals surface area contributed by atoms with E-state index >= 15 is 0 Å². The third kappa shape index (κ3) is 4.25. The summed E-state index contributed by atoms with van der Waals surface area (Å²) < 4.78 is 2.53. The summed E-state index contributed by atoms with van der Waals surface area (Å²) in [5.74, 6) is 1.69. The van der Waals surface area contributed by atoms with E-state index in [1.165, 1.54) is 23.4 Å². The van der Waals surface area contributed by atoms with Gasteiger partial charge in [0.1, 0.15) is 16.2 Å². The van der Waals surface area contributed by atoms with E-state index < -0.39 is 0 Å². The third-order valence-corrected chi connectivity index (χ3v) is 5.26. The van der Waals surface area contributed by atoms with Crippen LogP contribution in [0.1, 0.15) is 25.2 Å². The lowest BCUT2D eigenvalue weighted by atomic mass is 10.1. The van der Waals surface area contributed by atoms with Crippen LogP contribution < -0.4 is 11.2 Å². The summed E-state index contributed by atoms with van der Waals surface area (Å²) in [7, 11) is 3.12. The molecule has 0 atom stereocenters. The standard InChI is InChI=1S/C21H24N4O2S/c1-14(2)13-16-22-18-17(20(26)25(4)21(27)24(18)3)19(23-16)28-12-8-11-15-9-6-5-7-10-15/h5-11,14H,12-13H2,1-4H3/b11-8+. The average molecular weight is 397 g/mol. The Bertz CT molecular complexity index is 1130. The third-order valence-electron chi connectivity index (χ3n) is 4.33. The minimum Gasteiger partial charge on any atom is -0.280 e. The van der Waals surface area contributed by atoms with Crippen LogP contribution in [0.4, 0.5) is 0 Å². The van der Waals surface area contributed by atoms with Crippen LogP contribution in [0.25, 0.3) is 17.1 Å². The molecular weight excluding hydrogens is 372 g/mol. The van der Waals surface area contributed by atoms with E-state index in [1.807, 2.05) is 42.5 Å². The number of aromatic nitrogens is 4. The Morgan fingerprint density at radius 1 is 1.07 bits per heavy atom. The van der Waals surface area contributed by atoms with Crippen molar-refractivity contribution in [3.8, 4) is 0 Å². The Kier molecular flexibility index (Phi) is 6.14. The van der Waals surface area contributed by atoms with Crippen LogP contribution in [-0.2, 0) is 20.5 Å². The van der Waals surface area contributed by atoms with E-state index in [-0.39, 0.29) is 11.2 Å². The molecule has 6 nitrogen and oxygen atoms in total. The molecule has 0 spiro atoms. The van der Waals surface area contributed by atoms with Gasteiger partial charge >= 0.3 is 5.69 Å². The van der Waals surface area contributed by atoms with Crippen molar-refractivity contribution in [2.45, 2.75) is 25.3 Å². The number of benzene rings is 1. The van der Waals surface area contributed by atoms with Gasteiger partial charge in [0.25, 0.3) is 5.56 Å². The molecule has 0 N–H and O–H groups in total. The maximum Gasteiger partial charge on any atom is 0.332 e. The number of thioether (sulfide) groups is 1. The first-order valence-electron chi connectivity index (χ1n) is 9.19. The Labute approximate surface area is 168 Å². The van der Waals surface area contributed by atoms with Gasteiger partial charge in [0.15, 0.2) is 5.65 Å². The van der Waals surface area contributed by atoms with E-state index in [0.29, 0.717) is 40.0 Å². The highest BCUT2D eigenvalue weighted by molar-refractivity contribution is 7.99. The van der Waals surface area contributed by atoms with E-state index in [2.05, 4.69) is 23.8 Å². The largest absolute Gasteiger partial charge is 0.332 e. The van der Waals surface area contributed by atoms with Crippen molar-refractivity contribution >= 4 is 28.9 Å². The van der Waals surface area contributed by atoms with Gasteiger partial charge in [0, 0.05) is 26.3 Å². The molecule has 0 saturated heterocycles. The molecule has 0 aliphatic heterocycles. The van der Waals surface area contributed by atoms with Crippen molar-refractivity contribution in [3.05, 3.63) is 68.6 Å². The van der Waals surface area contributed by atoms with Crippen molar-refractivity contribution < 1.29 is 0 Å². The summed E-state index contributed by atoms with van der Waals surface area (Å²) >= 11 is 1.48. The second-order valence-electron chi connectivity index (χ2n) is 7.07. The van der Waals surface area contributed by atoms with Crippen LogP contribution in [0.3, 0.4) is 0 Å². The number of hydrogen-bond acceptors (Lipinski definition) is 5. The Morgan fingerprint density at radius 2 is 1.79 bits per heavy atom. The minimum absolute atomic E-state index is 0.358. The highest BCUT2D eigenvalue weighted by Crippen LogP contribution is 2.23. The molecule has 0 saturated carbocycles. The van der Waals surface area contributed by atoms with Gasteiger partial charge < -0.3 is 0 Å². The Morgan fingerprint density at radius 3 is 2.46 bits per heavy atom. The molecule has 3 aromatic rings. The highest BCUT2D eigenvalue weighted by atomic mass is 32.2. The van der Waals surface area contributed by atoms with Crippen molar-refractivity contribution in [2.24, 2.45) is 20.0 Å². The molecular formula is C21H24N4O2S. The zero-order valence-electron chi connectivity index (χ0n) is 16.5. The van der Waals surface area contributed by atoms with Gasteiger partial charge in [0.2, 0.25) is 0 Å². The van der Waals surface area contributed by atoms with Gasteiger partial charge in [-0.1, -0.05) is 56.3 Å². The fourth-order valence-electron chi connectivity index (χ4n) is 2.91. The SMILES string of the molecule is CC(C)Cc1nc(SC/C=C/c2ccccc2)c2c(=O)n(C)c(=O)n(C)c2n1. The zero-order chi connectivity index (χ0) is 20.3. The zero-order valence-corrected chi connectivity index (χ0v) is 17.4. The molecule has 2 aromatic heterocycles. The van der Waals surface area contributed by atoms with E-state index in [9.17, 15) is 9.59 Å². The molecule has 0 amide bonds. The predicted molar refractivity (Wildman–Crippen MR) is 115 cm³/mol. The van der Waals surface area contributed by atoms with Crippen LogP contribution in [0.2, 0.25) is 0 Å². The molecule has 7 heteroatoms. The minimum atomic E-state index is -0.383. The lowest BCUT2D eigenvalue weighted by Crippen LogP contribution is -2.38. The molecule has 0 unspecified atom stereocenters.